The van der Waals surface area contributed by atoms with Gasteiger partial charge in [-0.15, -0.1) is 0 Å². The van der Waals surface area contributed by atoms with Crippen LogP contribution in [0.5, 0.6) is 0 Å². The summed E-state index contributed by atoms with van der Waals surface area (Å²) in [6.07, 6.45) is 3.70. The van der Waals surface area contributed by atoms with Crippen LogP contribution in [-0.4, -0.2) is 9.55 Å². The molecule has 0 saturated carbocycles. The number of benzene rings is 1. The maximum absolute atomic E-state index is 12.8. The molecule has 0 aliphatic heterocycles. The lowest BCUT2D eigenvalue weighted by Gasteiger charge is -2.14. The lowest BCUT2D eigenvalue weighted by Crippen LogP contribution is -2.19. The minimum absolute atomic E-state index is 0.186. The van der Waals surface area contributed by atoms with Crippen LogP contribution < -0.4 is 5.32 Å². The zero-order valence-corrected chi connectivity index (χ0v) is 10.7. The molecule has 0 spiro atoms. The average molecular weight is 247 g/mol. The van der Waals surface area contributed by atoms with Crippen LogP contribution in [0.25, 0.3) is 0 Å². The van der Waals surface area contributed by atoms with Crippen LogP contribution in [0.15, 0.2) is 36.8 Å². The van der Waals surface area contributed by atoms with Gasteiger partial charge in [0, 0.05) is 25.3 Å². The molecule has 2 rings (SSSR count). The molecule has 96 valence electrons. The first kappa shape index (κ1) is 12.8. The fourth-order valence-electron chi connectivity index (χ4n) is 1.91. The first-order valence-electron chi connectivity index (χ1n) is 6.18. The van der Waals surface area contributed by atoms with Gasteiger partial charge < -0.3 is 9.88 Å². The zero-order chi connectivity index (χ0) is 13.0. The van der Waals surface area contributed by atoms with Crippen LogP contribution in [0, 0.1) is 5.82 Å². The third-order valence-electron chi connectivity index (χ3n) is 3.10. The van der Waals surface area contributed by atoms with Gasteiger partial charge in [-0.05, 0) is 31.5 Å². The Morgan fingerprint density at radius 1 is 1.33 bits per heavy atom. The van der Waals surface area contributed by atoms with E-state index in [1.165, 1.54) is 12.1 Å². The van der Waals surface area contributed by atoms with E-state index in [0.717, 1.165) is 24.3 Å². The third kappa shape index (κ3) is 2.96. The van der Waals surface area contributed by atoms with E-state index in [0.29, 0.717) is 0 Å². The van der Waals surface area contributed by atoms with E-state index in [-0.39, 0.29) is 11.9 Å². The van der Waals surface area contributed by atoms with Crippen LogP contribution in [0.2, 0.25) is 0 Å². The first-order chi connectivity index (χ1) is 8.70. The van der Waals surface area contributed by atoms with E-state index < -0.39 is 0 Å². The predicted octanol–water partition coefficient (Wildman–Crippen LogP) is 2.89. The third-order valence-corrected chi connectivity index (χ3v) is 3.10. The minimum atomic E-state index is -0.199. The monoisotopic (exact) mass is 247 g/mol. The van der Waals surface area contributed by atoms with Crippen molar-refractivity contribution in [2.75, 3.05) is 0 Å². The number of hydrogen-bond donors (Lipinski definition) is 1. The number of halogens is 1. The van der Waals surface area contributed by atoms with Gasteiger partial charge in [0.05, 0.1) is 12.0 Å². The van der Waals surface area contributed by atoms with Crippen molar-refractivity contribution in [2.45, 2.75) is 33.0 Å². The molecule has 1 aromatic heterocycles. The lowest BCUT2D eigenvalue weighted by atomic mass is 10.1. The second-order valence-corrected chi connectivity index (χ2v) is 4.33. The minimum Gasteiger partial charge on any atom is -0.334 e. The van der Waals surface area contributed by atoms with Gasteiger partial charge in [-0.3, -0.25) is 0 Å². The molecule has 18 heavy (non-hydrogen) atoms. The topological polar surface area (TPSA) is 29.9 Å². The van der Waals surface area contributed by atoms with Crippen molar-refractivity contribution in [1.82, 2.24) is 14.9 Å². The maximum Gasteiger partial charge on any atom is 0.123 e. The first-order valence-corrected chi connectivity index (χ1v) is 6.18. The molecule has 0 fully saturated rings. The van der Waals surface area contributed by atoms with Crippen molar-refractivity contribution in [2.24, 2.45) is 0 Å². The normalized spacial score (nSPS) is 12.6. The van der Waals surface area contributed by atoms with Crippen molar-refractivity contribution in [1.29, 1.82) is 0 Å². The Morgan fingerprint density at radius 2 is 2.06 bits per heavy atom. The van der Waals surface area contributed by atoms with Gasteiger partial charge in [0.15, 0.2) is 0 Å². The second-order valence-electron chi connectivity index (χ2n) is 4.33. The highest BCUT2D eigenvalue weighted by molar-refractivity contribution is 5.19. The van der Waals surface area contributed by atoms with Crippen molar-refractivity contribution in [3.05, 3.63) is 53.9 Å². The number of imidazole rings is 1. The number of rotatable bonds is 5. The molecule has 2 aromatic rings. The van der Waals surface area contributed by atoms with E-state index in [2.05, 4.69) is 28.7 Å². The highest BCUT2D eigenvalue weighted by atomic mass is 19.1. The molecule has 0 aliphatic rings. The molecule has 0 amide bonds. The van der Waals surface area contributed by atoms with Gasteiger partial charge in [0.2, 0.25) is 0 Å². The van der Waals surface area contributed by atoms with Crippen LogP contribution in [0.1, 0.15) is 31.1 Å². The quantitative estimate of drug-likeness (QED) is 0.880. The Balaban J connectivity index is 1.96. The second kappa shape index (κ2) is 5.78. The van der Waals surface area contributed by atoms with Crippen molar-refractivity contribution < 1.29 is 4.39 Å². The van der Waals surface area contributed by atoms with Gasteiger partial charge in [0.25, 0.3) is 0 Å². The Kier molecular flexibility index (Phi) is 4.10. The number of nitrogens with zero attached hydrogens (tertiary/aromatic N) is 2. The molecule has 1 unspecified atom stereocenters. The maximum atomic E-state index is 12.8. The Bertz CT molecular complexity index is 490. The summed E-state index contributed by atoms with van der Waals surface area (Å²) in [4.78, 5) is 4.13. The van der Waals surface area contributed by atoms with Gasteiger partial charge in [0.1, 0.15) is 5.82 Å². The molecule has 4 heteroatoms. The molecule has 0 bridgehead atoms. The summed E-state index contributed by atoms with van der Waals surface area (Å²) < 4.78 is 14.9. The van der Waals surface area contributed by atoms with Crippen LogP contribution in [0.3, 0.4) is 0 Å². The van der Waals surface area contributed by atoms with E-state index in [9.17, 15) is 4.39 Å². The molecule has 0 radical (unpaired) electrons. The number of hydrogen-bond acceptors (Lipinski definition) is 2. The molecular weight excluding hydrogens is 229 g/mol. The zero-order valence-electron chi connectivity index (χ0n) is 10.7. The van der Waals surface area contributed by atoms with E-state index in [1.54, 1.807) is 0 Å². The summed E-state index contributed by atoms with van der Waals surface area (Å²) in [6.45, 7) is 5.84. The number of aryl methyl sites for hydroxylation is 1. The summed E-state index contributed by atoms with van der Waals surface area (Å²) in [5.74, 6) is -0.199. The standard InChI is InChI=1S/C14H18FN3/c1-3-18-10-16-8-14(18)9-17-11(2)12-4-6-13(15)7-5-12/h4-8,10-11,17H,3,9H2,1-2H3. The lowest BCUT2D eigenvalue weighted by molar-refractivity contribution is 0.547. The van der Waals surface area contributed by atoms with Gasteiger partial charge in [-0.2, -0.15) is 0 Å². The molecule has 0 saturated heterocycles. The molecular formula is C14H18FN3. The van der Waals surface area contributed by atoms with Crippen LogP contribution >= 0.6 is 0 Å². The molecule has 1 aromatic carbocycles. The summed E-state index contributed by atoms with van der Waals surface area (Å²) in [6, 6.07) is 6.78. The Morgan fingerprint density at radius 3 is 2.72 bits per heavy atom. The average Bonchev–Trinajstić information content (AvgIpc) is 2.84. The van der Waals surface area contributed by atoms with Crippen molar-refractivity contribution in [3.8, 4) is 0 Å². The smallest absolute Gasteiger partial charge is 0.123 e. The van der Waals surface area contributed by atoms with Crippen molar-refractivity contribution in [3.63, 3.8) is 0 Å². The van der Waals surface area contributed by atoms with E-state index in [4.69, 9.17) is 0 Å². The molecule has 3 nitrogen and oxygen atoms in total. The fraction of sp³-hybridized carbons (Fsp3) is 0.357. The largest absolute Gasteiger partial charge is 0.334 e. The Labute approximate surface area is 107 Å². The SMILES string of the molecule is CCn1cncc1CNC(C)c1ccc(F)cc1. The van der Waals surface area contributed by atoms with Crippen molar-refractivity contribution >= 4 is 0 Å². The molecule has 1 N–H and O–H groups in total. The fourth-order valence-corrected chi connectivity index (χ4v) is 1.91. The highest BCUT2D eigenvalue weighted by Crippen LogP contribution is 2.13. The summed E-state index contributed by atoms with van der Waals surface area (Å²) in [5, 5.41) is 3.41. The van der Waals surface area contributed by atoms with Crippen LogP contribution in [-0.2, 0) is 13.1 Å². The summed E-state index contributed by atoms with van der Waals surface area (Å²) >= 11 is 0. The predicted molar refractivity (Wildman–Crippen MR) is 69.6 cm³/mol. The van der Waals surface area contributed by atoms with Gasteiger partial charge in [-0.25, -0.2) is 9.37 Å². The van der Waals surface area contributed by atoms with E-state index >= 15 is 0 Å². The number of aromatic nitrogens is 2. The highest BCUT2D eigenvalue weighted by Gasteiger charge is 2.06. The summed E-state index contributed by atoms with van der Waals surface area (Å²) in [5.41, 5.74) is 2.24. The summed E-state index contributed by atoms with van der Waals surface area (Å²) in [7, 11) is 0. The Hall–Kier alpha value is -1.68. The van der Waals surface area contributed by atoms with Gasteiger partial charge >= 0.3 is 0 Å². The number of nitrogens with one attached hydrogen (secondary N) is 1. The molecule has 1 heterocycles. The van der Waals surface area contributed by atoms with Gasteiger partial charge in [-0.1, -0.05) is 12.1 Å². The van der Waals surface area contributed by atoms with E-state index in [1.807, 2.05) is 24.7 Å². The molecule has 0 aliphatic carbocycles. The van der Waals surface area contributed by atoms with Crippen LogP contribution in [0.4, 0.5) is 4.39 Å². The molecule has 1 atom stereocenters.